The molecule has 10 aromatic rings. The van der Waals surface area contributed by atoms with E-state index in [1.165, 1.54) is 6.08 Å². The summed E-state index contributed by atoms with van der Waals surface area (Å²) >= 11 is 11.9. The Hall–Kier alpha value is -7.91. The average molecular weight is 866 g/mol. The number of benzene rings is 2. The van der Waals surface area contributed by atoms with E-state index in [-0.39, 0.29) is 17.1 Å². The summed E-state index contributed by atoms with van der Waals surface area (Å²) < 4.78 is 6.78. The van der Waals surface area contributed by atoms with Gasteiger partial charge in [0, 0.05) is 52.7 Å². The predicted molar refractivity (Wildman–Crippen MR) is 243 cm³/mol. The zero-order chi connectivity index (χ0) is 43.5. The van der Waals surface area contributed by atoms with Crippen LogP contribution in [-0.4, -0.2) is 63.1 Å². The largest absolute Gasteiger partial charge is 0.398 e. The van der Waals surface area contributed by atoms with Crippen LogP contribution in [0.2, 0.25) is 10.3 Å². The molecule has 0 atom stereocenters. The summed E-state index contributed by atoms with van der Waals surface area (Å²) in [5.74, 6) is 0. The Morgan fingerprint density at radius 3 is 1.65 bits per heavy atom. The van der Waals surface area contributed by atoms with Gasteiger partial charge in [0.2, 0.25) is 6.08 Å². The molecule has 62 heavy (non-hydrogen) atoms. The number of pyridine rings is 6. The van der Waals surface area contributed by atoms with E-state index in [0.717, 1.165) is 16.3 Å². The summed E-state index contributed by atoms with van der Waals surface area (Å²) in [6, 6.07) is 28.5. The summed E-state index contributed by atoms with van der Waals surface area (Å²) in [6.45, 7) is 4.68. The molecule has 0 unspecified atom stereocenters. The molecule has 308 valence electrons. The van der Waals surface area contributed by atoms with Crippen LogP contribution in [0.1, 0.15) is 13.8 Å². The highest BCUT2D eigenvalue weighted by molar-refractivity contribution is 6.29. The molecule has 10 rings (SSSR count). The first kappa shape index (κ1) is 40.9. The van der Waals surface area contributed by atoms with Crippen LogP contribution in [0.4, 0.5) is 16.2 Å². The molecular weight excluding hydrogens is 831 g/mol. The number of aliphatic imine (C=N–C) groups is 1. The maximum Gasteiger partial charge on any atom is 0.319 e. The van der Waals surface area contributed by atoms with Crippen LogP contribution < -0.4 is 27.5 Å². The molecule has 8 aromatic heterocycles. The van der Waals surface area contributed by atoms with Crippen molar-refractivity contribution < 1.29 is 9.59 Å². The number of halogens is 2. The molecule has 0 bridgehead atoms. The zero-order valence-corrected chi connectivity index (χ0v) is 34.5. The van der Waals surface area contributed by atoms with Crippen molar-refractivity contribution in [1.82, 2.24) is 43.2 Å². The lowest BCUT2D eigenvalue weighted by atomic mass is 10.1. The molecule has 4 N–H and O–H groups in total. The normalized spacial score (nSPS) is 11.0. The van der Waals surface area contributed by atoms with Gasteiger partial charge in [0.05, 0.1) is 29.5 Å². The third-order valence-corrected chi connectivity index (χ3v) is 10.1. The van der Waals surface area contributed by atoms with Gasteiger partial charge < -0.3 is 16.4 Å². The fourth-order valence-electron chi connectivity index (χ4n) is 7.01. The van der Waals surface area contributed by atoms with E-state index in [9.17, 15) is 14.4 Å². The third-order valence-electron chi connectivity index (χ3n) is 9.62. The maximum absolute atomic E-state index is 13.5. The molecule has 16 nitrogen and oxygen atoms in total. The molecule has 0 aliphatic carbocycles. The topological polar surface area (TPSA) is 201 Å². The fraction of sp³-hybridized carbons (Fsp3) is 0.0909. The Kier molecular flexibility index (Phi) is 11.4. The minimum Gasteiger partial charge on any atom is -0.398 e. The van der Waals surface area contributed by atoms with Crippen LogP contribution in [0.15, 0.2) is 136 Å². The SMILES string of the molecule is CCN=C=O.CCNC(=O)Nc1ccc2nc3c4ccccc4c(=O)n(-c4ccc(Cl)nc4)c3n2c1.Nc1ccc2nc3c4ccccc4c(=O)n(-c4ccc(Cl)nc4)c3n2c1. The van der Waals surface area contributed by atoms with E-state index in [1.54, 1.807) is 99.8 Å². The van der Waals surface area contributed by atoms with Gasteiger partial charge >= 0.3 is 6.03 Å². The number of aromatic nitrogens is 8. The highest BCUT2D eigenvalue weighted by Crippen LogP contribution is 2.28. The number of carbonyl (C=O) groups is 1. The van der Waals surface area contributed by atoms with Crippen molar-refractivity contribution in [3.63, 3.8) is 0 Å². The lowest BCUT2D eigenvalue weighted by Crippen LogP contribution is -2.28. The van der Waals surface area contributed by atoms with Gasteiger partial charge in [0.25, 0.3) is 11.1 Å². The number of anilines is 2. The van der Waals surface area contributed by atoms with Gasteiger partial charge in [-0.05, 0) is 74.5 Å². The standard InChI is InChI=1S/C22H17ClN6O2.C19H12ClN5O.C3H5NO/c1-2-24-22(31)26-13-7-10-18-27-19-15-5-3-4-6-16(15)21(30)29(20(19)28(18)12-13)14-8-9-17(23)25-11-14;20-15-7-6-12(9-22-15)25-18-17(13-3-1-2-4-14(13)19(25)26)23-16-8-5-11(21)10-24(16)18;1-2-4-3-5/h3-12H,2H2,1H3,(H2,24,26,31);1-10H,21H2;2H2,1H3. The first-order valence-corrected chi connectivity index (χ1v) is 19.9. The minimum absolute atomic E-state index is 0.151. The summed E-state index contributed by atoms with van der Waals surface area (Å²) in [7, 11) is 0. The second-order valence-corrected chi connectivity index (χ2v) is 14.3. The van der Waals surface area contributed by atoms with Gasteiger partial charge in [-0.25, -0.2) is 34.5 Å². The number of nitrogens with one attached hydrogen (secondary N) is 2. The summed E-state index contributed by atoms with van der Waals surface area (Å²) in [5, 5.41) is 8.88. The Balaban J connectivity index is 0.000000156. The monoisotopic (exact) mass is 864 g/mol. The molecular formula is C44H34Cl2N12O4. The molecule has 2 amide bonds. The van der Waals surface area contributed by atoms with Crippen LogP contribution in [0.5, 0.6) is 0 Å². The Labute approximate surface area is 360 Å². The molecule has 0 saturated heterocycles. The van der Waals surface area contributed by atoms with Crippen LogP contribution in [0.3, 0.4) is 0 Å². The number of nitrogens with two attached hydrogens (primary N) is 1. The first-order valence-electron chi connectivity index (χ1n) is 19.1. The summed E-state index contributed by atoms with van der Waals surface area (Å²) in [6.07, 6.45) is 8.02. The van der Waals surface area contributed by atoms with Gasteiger partial charge in [-0.15, -0.1) is 0 Å². The number of nitrogen functional groups attached to an aromatic ring is 1. The van der Waals surface area contributed by atoms with Crippen LogP contribution in [0, 0.1) is 0 Å². The number of hydrogen-bond acceptors (Lipinski definition) is 10. The number of nitrogens with zero attached hydrogens (tertiary/aromatic N) is 9. The van der Waals surface area contributed by atoms with Gasteiger partial charge in [-0.1, -0.05) is 59.6 Å². The van der Waals surface area contributed by atoms with Crippen molar-refractivity contribution in [2.24, 2.45) is 4.99 Å². The molecule has 0 saturated carbocycles. The van der Waals surface area contributed by atoms with Crippen molar-refractivity contribution in [1.29, 1.82) is 0 Å². The van der Waals surface area contributed by atoms with Gasteiger partial charge in [-0.3, -0.25) is 27.5 Å². The van der Waals surface area contributed by atoms with E-state index in [2.05, 4.69) is 25.6 Å². The number of hydrogen-bond donors (Lipinski definition) is 3. The van der Waals surface area contributed by atoms with Crippen molar-refractivity contribution in [2.45, 2.75) is 13.8 Å². The van der Waals surface area contributed by atoms with Crippen LogP contribution in [-0.2, 0) is 4.79 Å². The van der Waals surface area contributed by atoms with E-state index in [1.807, 2.05) is 53.8 Å². The highest BCUT2D eigenvalue weighted by atomic mass is 35.5. The predicted octanol–water partition coefficient (Wildman–Crippen LogP) is 7.75. The minimum atomic E-state index is -0.309. The van der Waals surface area contributed by atoms with Crippen molar-refractivity contribution in [3.8, 4) is 11.4 Å². The van der Waals surface area contributed by atoms with Crippen molar-refractivity contribution in [3.05, 3.63) is 153 Å². The van der Waals surface area contributed by atoms with Crippen molar-refractivity contribution in [2.75, 3.05) is 24.1 Å². The maximum atomic E-state index is 13.5. The van der Waals surface area contributed by atoms with Crippen LogP contribution >= 0.6 is 23.2 Å². The molecule has 2 aromatic carbocycles. The molecule has 0 spiro atoms. The highest BCUT2D eigenvalue weighted by Gasteiger charge is 2.20. The number of carbonyl (C=O) groups excluding carboxylic acids is 2. The second-order valence-electron chi connectivity index (χ2n) is 13.5. The van der Waals surface area contributed by atoms with Crippen LogP contribution in [0.25, 0.3) is 66.5 Å². The van der Waals surface area contributed by atoms with E-state index < -0.39 is 0 Å². The van der Waals surface area contributed by atoms with E-state index in [0.29, 0.717) is 85.0 Å². The zero-order valence-electron chi connectivity index (χ0n) is 33.0. The fourth-order valence-corrected chi connectivity index (χ4v) is 7.23. The first-order chi connectivity index (χ1) is 30.1. The lowest BCUT2D eigenvalue weighted by Gasteiger charge is -2.11. The Morgan fingerprint density at radius 1 is 0.694 bits per heavy atom. The number of fused-ring (bicyclic) bond motifs is 10. The number of isocyanates is 1. The molecule has 8 heterocycles. The molecule has 0 radical (unpaired) electrons. The smallest absolute Gasteiger partial charge is 0.319 e. The molecule has 0 aliphatic rings. The summed E-state index contributed by atoms with van der Waals surface area (Å²) in [5.41, 5.74) is 11.9. The number of amides is 2. The van der Waals surface area contributed by atoms with Gasteiger partial charge in [0.1, 0.15) is 32.6 Å². The lowest BCUT2D eigenvalue weighted by molar-refractivity contribution is 0.252. The second kappa shape index (κ2) is 17.4. The van der Waals surface area contributed by atoms with E-state index in [4.69, 9.17) is 43.7 Å². The van der Waals surface area contributed by atoms with Gasteiger partial charge in [0.15, 0.2) is 11.3 Å². The van der Waals surface area contributed by atoms with E-state index >= 15 is 0 Å². The third kappa shape index (κ3) is 7.68. The molecule has 18 heteroatoms. The quantitative estimate of drug-likeness (QED) is 0.0879. The number of imidazole rings is 2. The molecule has 0 aliphatic heterocycles. The van der Waals surface area contributed by atoms with Gasteiger partial charge in [-0.2, -0.15) is 0 Å². The Bertz CT molecular complexity index is 3500. The van der Waals surface area contributed by atoms with Crippen molar-refractivity contribution >= 4 is 102 Å². The molecule has 0 fully saturated rings. The number of rotatable bonds is 5. The number of urea groups is 1. The summed E-state index contributed by atoms with van der Waals surface area (Å²) in [4.78, 5) is 68.8. The Morgan fingerprint density at radius 2 is 1.19 bits per heavy atom. The average Bonchev–Trinajstić information content (AvgIpc) is 3.84.